The second-order valence-corrected chi connectivity index (χ2v) is 11.8. The van der Waals surface area contributed by atoms with Crippen LogP contribution in [0, 0.1) is 0 Å². The van der Waals surface area contributed by atoms with Crippen molar-refractivity contribution in [2.24, 2.45) is 4.99 Å². The lowest BCUT2D eigenvalue weighted by Crippen LogP contribution is -2.32. The van der Waals surface area contributed by atoms with Crippen molar-refractivity contribution < 1.29 is 28.5 Å². The zero-order chi connectivity index (χ0) is 35.5. The average molecular weight is 678 g/mol. The molecular formula is C41H47N3O6. The summed E-state index contributed by atoms with van der Waals surface area (Å²) >= 11 is 0. The van der Waals surface area contributed by atoms with Crippen molar-refractivity contribution in [3.63, 3.8) is 0 Å². The number of rotatable bonds is 15. The van der Waals surface area contributed by atoms with Crippen molar-refractivity contribution in [1.29, 1.82) is 0 Å². The molecule has 1 heterocycles. The summed E-state index contributed by atoms with van der Waals surface area (Å²) in [5, 5.41) is 11.2. The van der Waals surface area contributed by atoms with Gasteiger partial charge in [0.2, 0.25) is 0 Å². The van der Waals surface area contributed by atoms with Gasteiger partial charge in [0.25, 0.3) is 0 Å². The van der Waals surface area contributed by atoms with Gasteiger partial charge in [-0.2, -0.15) is 4.99 Å². The van der Waals surface area contributed by atoms with Gasteiger partial charge in [0.05, 0.1) is 33.8 Å². The predicted molar refractivity (Wildman–Crippen MR) is 199 cm³/mol. The summed E-state index contributed by atoms with van der Waals surface area (Å²) in [6, 6.07) is 27.4. The summed E-state index contributed by atoms with van der Waals surface area (Å²) in [7, 11) is 6.41. The van der Waals surface area contributed by atoms with Crippen molar-refractivity contribution in [1.82, 2.24) is 4.57 Å². The van der Waals surface area contributed by atoms with E-state index in [1.807, 2.05) is 48.5 Å². The number of phenols is 1. The van der Waals surface area contributed by atoms with Gasteiger partial charge in [0.15, 0.2) is 22.6 Å². The molecular weight excluding hydrogens is 630 g/mol. The molecule has 0 aliphatic carbocycles. The van der Waals surface area contributed by atoms with Gasteiger partial charge in [0, 0.05) is 35.7 Å². The van der Waals surface area contributed by atoms with E-state index in [4.69, 9.17) is 28.4 Å². The highest BCUT2D eigenvalue weighted by molar-refractivity contribution is 5.77. The first-order valence-electron chi connectivity index (χ1n) is 17.0. The van der Waals surface area contributed by atoms with Gasteiger partial charge in [-0.05, 0) is 85.1 Å². The molecule has 9 heteroatoms. The van der Waals surface area contributed by atoms with Crippen LogP contribution in [-0.2, 0) is 6.54 Å². The normalized spacial score (nSPS) is 12.3. The second kappa shape index (κ2) is 17.2. The van der Waals surface area contributed by atoms with E-state index < -0.39 is 0 Å². The number of nitrogens with zero attached hydrogens (tertiary/aromatic N) is 3. The topological polar surface area (TPSA) is 90.8 Å². The average Bonchev–Trinajstić information content (AvgIpc) is 3.47. The molecule has 1 aromatic heterocycles. The van der Waals surface area contributed by atoms with Crippen LogP contribution in [-0.4, -0.2) is 38.1 Å². The molecule has 0 atom stereocenters. The third-order valence-electron chi connectivity index (χ3n) is 8.37. The SMILES string of the molecule is CCC/C=c1/c(=C\c2ccc(N(c3ccc(OC)cc3)c3ccc(OC)cc3)cc2)oc(=Nc2c(OC)cc(O)cc2OC)n1CCCCC. The summed E-state index contributed by atoms with van der Waals surface area (Å²) in [6.07, 6.45) is 9.29. The molecule has 0 aliphatic heterocycles. The van der Waals surface area contributed by atoms with Crippen molar-refractivity contribution in [2.45, 2.75) is 52.5 Å². The number of aromatic hydroxyl groups is 1. The van der Waals surface area contributed by atoms with Crippen LogP contribution in [0.2, 0.25) is 0 Å². The Morgan fingerprint density at radius 2 is 1.26 bits per heavy atom. The number of oxazole rings is 1. The lowest BCUT2D eigenvalue weighted by atomic mass is 10.1. The number of hydrogen-bond acceptors (Lipinski definition) is 8. The molecule has 0 saturated heterocycles. The molecule has 0 aliphatic rings. The number of phenolic OH excluding ortho intramolecular Hbond substituents is 1. The van der Waals surface area contributed by atoms with Gasteiger partial charge in [0.1, 0.15) is 17.2 Å². The fourth-order valence-corrected chi connectivity index (χ4v) is 5.72. The molecule has 0 saturated carbocycles. The maximum atomic E-state index is 10.2. The Bertz CT molecular complexity index is 1960. The monoisotopic (exact) mass is 677 g/mol. The molecule has 262 valence electrons. The smallest absolute Gasteiger partial charge is 0.303 e. The lowest BCUT2D eigenvalue weighted by molar-refractivity contribution is 0.383. The number of benzene rings is 4. The van der Waals surface area contributed by atoms with Crippen LogP contribution in [0.4, 0.5) is 22.7 Å². The zero-order valence-electron chi connectivity index (χ0n) is 29.8. The van der Waals surface area contributed by atoms with E-state index in [9.17, 15) is 5.11 Å². The van der Waals surface area contributed by atoms with Crippen molar-refractivity contribution >= 4 is 34.9 Å². The highest BCUT2D eigenvalue weighted by atomic mass is 16.5. The molecule has 1 N–H and O–H groups in total. The quantitative estimate of drug-likeness (QED) is 0.112. The summed E-state index contributed by atoms with van der Waals surface area (Å²) in [6.45, 7) is 5.09. The van der Waals surface area contributed by atoms with Crippen LogP contribution in [0.5, 0.6) is 28.7 Å². The van der Waals surface area contributed by atoms with Gasteiger partial charge < -0.3 is 33.4 Å². The van der Waals surface area contributed by atoms with Gasteiger partial charge in [-0.25, -0.2) is 0 Å². The third-order valence-corrected chi connectivity index (χ3v) is 8.37. The van der Waals surface area contributed by atoms with Gasteiger partial charge in [-0.1, -0.05) is 51.3 Å². The maximum absolute atomic E-state index is 10.2. The minimum atomic E-state index is 0.0277. The number of hydrogen-bond donors (Lipinski definition) is 1. The second-order valence-electron chi connectivity index (χ2n) is 11.8. The molecule has 4 aromatic carbocycles. The lowest BCUT2D eigenvalue weighted by Gasteiger charge is -2.26. The molecule has 0 amide bonds. The van der Waals surface area contributed by atoms with E-state index in [2.05, 4.69) is 59.7 Å². The van der Waals surface area contributed by atoms with Gasteiger partial charge in [-0.15, -0.1) is 0 Å². The van der Waals surface area contributed by atoms with Crippen LogP contribution in [0.15, 0.2) is 94.3 Å². The minimum absolute atomic E-state index is 0.0277. The van der Waals surface area contributed by atoms with E-state index in [1.54, 1.807) is 28.4 Å². The van der Waals surface area contributed by atoms with Crippen LogP contribution in [0.25, 0.3) is 12.2 Å². The Labute approximate surface area is 294 Å². The fraction of sp³-hybridized carbons (Fsp3) is 0.293. The number of anilines is 3. The van der Waals surface area contributed by atoms with Gasteiger partial charge >= 0.3 is 5.68 Å². The van der Waals surface area contributed by atoms with Crippen LogP contribution >= 0.6 is 0 Å². The number of ether oxygens (including phenoxy) is 4. The zero-order valence-corrected chi connectivity index (χ0v) is 29.8. The van der Waals surface area contributed by atoms with Crippen molar-refractivity contribution in [3.05, 3.63) is 107 Å². The molecule has 0 bridgehead atoms. The molecule has 50 heavy (non-hydrogen) atoms. The molecule has 9 nitrogen and oxygen atoms in total. The summed E-state index contributed by atoms with van der Waals surface area (Å²) in [5.41, 5.74) is 5.54. The van der Waals surface area contributed by atoms with E-state index in [1.165, 1.54) is 12.1 Å². The first-order valence-corrected chi connectivity index (χ1v) is 17.0. The number of aromatic nitrogens is 1. The Morgan fingerprint density at radius 3 is 1.74 bits per heavy atom. The molecule has 5 aromatic rings. The van der Waals surface area contributed by atoms with Crippen LogP contribution in [0.1, 0.15) is 51.5 Å². The van der Waals surface area contributed by atoms with E-state index in [-0.39, 0.29) is 5.75 Å². The predicted octanol–water partition coefficient (Wildman–Crippen LogP) is 8.12. The highest BCUT2D eigenvalue weighted by Gasteiger charge is 2.15. The third kappa shape index (κ3) is 8.34. The number of methoxy groups -OCH3 is 4. The Hall–Kier alpha value is -5.57. The molecule has 0 fully saturated rings. The largest absolute Gasteiger partial charge is 0.508 e. The van der Waals surface area contributed by atoms with Crippen LogP contribution < -0.4 is 40.3 Å². The van der Waals surface area contributed by atoms with Crippen molar-refractivity contribution in [2.75, 3.05) is 33.3 Å². The Kier molecular flexibility index (Phi) is 12.3. The standard InChI is InChI=1S/C41H47N3O6/c1-7-9-11-25-43-36(12-10-8-2)37(50-41(43)42-40-38(48-5)27-33(45)28-39(40)49-6)26-29-13-15-30(16-14-29)44(31-17-21-34(46-3)22-18-31)32-19-23-35(47-4)24-20-32/h12-24,26-28,45H,7-11,25H2,1-6H3/b36-12-,37-26+,42-41?. The first kappa shape index (κ1) is 35.7. The number of unbranched alkanes of at least 4 members (excludes halogenated alkanes) is 3. The summed E-state index contributed by atoms with van der Waals surface area (Å²) in [4.78, 5) is 7.12. The Balaban J connectivity index is 1.64. The van der Waals surface area contributed by atoms with Crippen molar-refractivity contribution in [3.8, 4) is 28.7 Å². The molecule has 0 unspecified atom stereocenters. The fourth-order valence-electron chi connectivity index (χ4n) is 5.72. The molecule has 0 spiro atoms. The van der Waals surface area contributed by atoms with E-state index >= 15 is 0 Å². The summed E-state index contributed by atoms with van der Waals surface area (Å²) in [5.74, 6) is 2.39. The highest BCUT2D eigenvalue weighted by Crippen LogP contribution is 2.40. The first-order chi connectivity index (χ1) is 24.4. The minimum Gasteiger partial charge on any atom is -0.508 e. The molecule has 0 radical (unpaired) electrons. The van der Waals surface area contributed by atoms with E-state index in [0.29, 0.717) is 28.3 Å². The molecule has 5 rings (SSSR count). The summed E-state index contributed by atoms with van der Waals surface area (Å²) < 4.78 is 30.7. The maximum Gasteiger partial charge on any atom is 0.303 e. The Morgan fingerprint density at radius 1 is 0.720 bits per heavy atom. The van der Waals surface area contributed by atoms with Crippen LogP contribution in [0.3, 0.4) is 0 Å². The van der Waals surface area contributed by atoms with Gasteiger partial charge in [-0.3, -0.25) is 4.57 Å². The van der Waals surface area contributed by atoms with E-state index in [0.717, 1.165) is 78.1 Å².